The normalized spacial score (nSPS) is 19.1. The first-order valence-electron chi connectivity index (χ1n) is 10.4. The van der Waals surface area contributed by atoms with E-state index >= 15 is 0 Å². The van der Waals surface area contributed by atoms with Crippen molar-refractivity contribution >= 4 is 16.6 Å². The first-order valence-corrected chi connectivity index (χ1v) is 10.4. The summed E-state index contributed by atoms with van der Waals surface area (Å²) >= 11 is 0. The molecule has 3 aliphatic rings. The molecule has 1 aromatic carbocycles. The number of nitrogens with zero attached hydrogens (tertiary/aromatic N) is 3. The Labute approximate surface area is 164 Å². The highest BCUT2D eigenvalue weighted by Crippen LogP contribution is 2.42. The second-order valence-corrected chi connectivity index (χ2v) is 8.42. The standard InChI is InChI=1S/C23H24N4O/c28-23-17-4-2-8-24-21(17)19-13-18-16(22(19)25-23)3-1-5-20(18)27-11-9-26(10-12-27)14-15-6-7-15/h1-5,8,15H,6-7,9-14H2,(H,25,28). The molecule has 0 unspecified atom stereocenters. The molecule has 1 N–H and O–H groups in total. The topological polar surface area (TPSA) is 52.2 Å². The van der Waals surface area contributed by atoms with E-state index in [2.05, 4.69) is 38.0 Å². The number of fused-ring (bicyclic) bond motifs is 5. The summed E-state index contributed by atoms with van der Waals surface area (Å²) in [7, 11) is 0. The molecule has 2 fully saturated rings. The smallest absolute Gasteiger partial charge is 0.257 e. The van der Waals surface area contributed by atoms with Gasteiger partial charge in [0, 0.05) is 62.2 Å². The van der Waals surface area contributed by atoms with Gasteiger partial charge >= 0.3 is 0 Å². The van der Waals surface area contributed by atoms with E-state index in [-0.39, 0.29) is 5.56 Å². The number of hydrogen-bond donors (Lipinski definition) is 1. The number of pyridine rings is 2. The fourth-order valence-corrected chi connectivity index (χ4v) is 4.91. The highest BCUT2D eigenvalue weighted by Gasteiger charge is 2.30. The van der Waals surface area contributed by atoms with Crippen molar-refractivity contribution in [1.82, 2.24) is 14.9 Å². The molecule has 0 radical (unpaired) electrons. The fourth-order valence-electron chi connectivity index (χ4n) is 4.91. The van der Waals surface area contributed by atoms with E-state index in [9.17, 15) is 4.79 Å². The van der Waals surface area contributed by atoms with Crippen LogP contribution in [0.2, 0.25) is 0 Å². The molecule has 5 nitrogen and oxygen atoms in total. The molecule has 5 heteroatoms. The summed E-state index contributed by atoms with van der Waals surface area (Å²) < 4.78 is 0. The van der Waals surface area contributed by atoms with Crippen LogP contribution in [0.1, 0.15) is 24.0 Å². The third kappa shape index (κ3) is 2.57. The van der Waals surface area contributed by atoms with E-state index in [1.165, 1.54) is 30.6 Å². The van der Waals surface area contributed by atoms with Gasteiger partial charge in [-0.15, -0.1) is 0 Å². The summed E-state index contributed by atoms with van der Waals surface area (Å²) in [4.78, 5) is 25.4. The van der Waals surface area contributed by atoms with Crippen LogP contribution in [0.3, 0.4) is 0 Å². The molecule has 1 aliphatic heterocycles. The molecule has 2 aliphatic carbocycles. The largest absolute Gasteiger partial charge is 0.369 e. The Hall–Kier alpha value is -2.66. The van der Waals surface area contributed by atoms with E-state index in [0.717, 1.165) is 60.9 Å². The number of benzene rings is 1. The fraction of sp³-hybridized carbons (Fsp3) is 0.391. The zero-order chi connectivity index (χ0) is 18.7. The van der Waals surface area contributed by atoms with Crippen molar-refractivity contribution in [2.24, 2.45) is 5.92 Å². The molecule has 0 spiro atoms. The molecule has 1 saturated carbocycles. The average molecular weight is 372 g/mol. The Balaban J connectivity index is 1.35. The van der Waals surface area contributed by atoms with E-state index in [1.807, 2.05) is 12.1 Å². The van der Waals surface area contributed by atoms with Crippen molar-refractivity contribution in [2.45, 2.75) is 19.3 Å². The van der Waals surface area contributed by atoms with Crippen LogP contribution < -0.4 is 10.5 Å². The Kier molecular flexibility index (Phi) is 3.60. The van der Waals surface area contributed by atoms with E-state index in [0.29, 0.717) is 5.39 Å². The van der Waals surface area contributed by atoms with Crippen molar-refractivity contribution in [3.8, 4) is 11.3 Å². The first-order chi connectivity index (χ1) is 13.8. The van der Waals surface area contributed by atoms with Crippen LogP contribution in [-0.4, -0.2) is 47.6 Å². The Bertz CT molecular complexity index is 1120. The second kappa shape index (κ2) is 6.17. The van der Waals surface area contributed by atoms with Crippen LogP contribution in [0.15, 0.2) is 41.3 Å². The maximum absolute atomic E-state index is 12.6. The number of rotatable bonds is 3. The van der Waals surface area contributed by atoms with Crippen molar-refractivity contribution < 1.29 is 0 Å². The maximum atomic E-state index is 12.6. The zero-order valence-corrected chi connectivity index (χ0v) is 15.9. The number of aromatic nitrogens is 2. The van der Waals surface area contributed by atoms with Gasteiger partial charge in [-0.1, -0.05) is 12.1 Å². The van der Waals surface area contributed by atoms with Gasteiger partial charge in [-0.25, -0.2) is 0 Å². The third-order valence-electron chi connectivity index (χ3n) is 6.58. The number of piperazine rings is 1. The number of anilines is 1. The molecular weight excluding hydrogens is 348 g/mol. The Morgan fingerprint density at radius 1 is 1.04 bits per heavy atom. The number of aromatic amines is 1. The van der Waals surface area contributed by atoms with Gasteiger partial charge in [0.1, 0.15) is 0 Å². The Morgan fingerprint density at radius 2 is 1.89 bits per heavy atom. The molecular formula is C23H24N4O. The lowest BCUT2D eigenvalue weighted by Crippen LogP contribution is -2.47. The predicted octanol–water partition coefficient (Wildman–Crippen LogP) is 3.03. The molecule has 6 rings (SSSR count). The highest BCUT2D eigenvalue weighted by molar-refractivity contribution is 5.91. The minimum Gasteiger partial charge on any atom is -0.369 e. The summed E-state index contributed by atoms with van der Waals surface area (Å²) in [5.41, 5.74) is 6.74. The monoisotopic (exact) mass is 372 g/mol. The molecule has 1 saturated heterocycles. The number of hydrogen-bond acceptors (Lipinski definition) is 4. The molecule has 0 amide bonds. The Morgan fingerprint density at radius 3 is 2.71 bits per heavy atom. The predicted molar refractivity (Wildman–Crippen MR) is 112 cm³/mol. The first kappa shape index (κ1) is 16.3. The van der Waals surface area contributed by atoms with Crippen molar-refractivity contribution in [3.05, 3.63) is 58.0 Å². The van der Waals surface area contributed by atoms with Gasteiger partial charge in [-0.2, -0.15) is 0 Å². The van der Waals surface area contributed by atoms with Gasteiger partial charge in [0.25, 0.3) is 5.56 Å². The average Bonchev–Trinajstić information content (AvgIpc) is 3.47. The van der Waals surface area contributed by atoms with Gasteiger partial charge in [0.05, 0.1) is 16.6 Å². The lowest BCUT2D eigenvalue weighted by molar-refractivity contribution is 0.248. The summed E-state index contributed by atoms with van der Waals surface area (Å²) in [6.45, 7) is 5.73. The summed E-state index contributed by atoms with van der Waals surface area (Å²) in [5, 5.41) is 0.685. The van der Waals surface area contributed by atoms with E-state index in [1.54, 1.807) is 6.20 Å². The zero-order valence-electron chi connectivity index (χ0n) is 15.9. The minimum absolute atomic E-state index is 0.0474. The lowest BCUT2D eigenvalue weighted by Gasteiger charge is -2.37. The van der Waals surface area contributed by atoms with Gasteiger partial charge < -0.3 is 9.88 Å². The lowest BCUT2D eigenvalue weighted by atomic mass is 10.1. The molecule has 142 valence electrons. The molecule has 0 atom stereocenters. The molecule has 3 heterocycles. The number of H-pyrrole nitrogens is 1. The van der Waals surface area contributed by atoms with Gasteiger partial charge in [0.2, 0.25) is 0 Å². The van der Waals surface area contributed by atoms with Gasteiger partial charge in [0.15, 0.2) is 0 Å². The molecule has 2 aromatic heterocycles. The van der Waals surface area contributed by atoms with Crippen molar-refractivity contribution in [1.29, 1.82) is 0 Å². The van der Waals surface area contributed by atoms with Gasteiger partial charge in [-0.3, -0.25) is 14.7 Å². The molecule has 3 aromatic rings. The van der Waals surface area contributed by atoms with Crippen LogP contribution in [-0.2, 0) is 6.42 Å². The summed E-state index contributed by atoms with van der Waals surface area (Å²) in [6, 6.07) is 10.2. The maximum Gasteiger partial charge on any atom is 0.257 e. The molecule has 28 heavy (non-hydrogen) atoms. The van der Waals surface area contributed by atoms with E-state index < -0.39 is 0 Å². The van der Waals surface area contributed by atoms with Crippen LogP contribution >= 0.6 is 0 Å². The third-order valence-corrected chi connectivity index (χ3v) is 6.58. The van der Waals surface area contributed by atoms with Crippen LogP contribution in [0.5, 0.6) is 0 Å². The van der Waals surface area contributed by atoms with Gasteiger partial charge in [-0.05, 0) is 42.5 Å². The van der Waals surface area contributed by atoms with Crippen molar-refractivity contribution in [2.75, 3.05) is 37.6 Å². The summed E-state index contributed by atoms with van der Waals surface area (Å²) in [5.74, 6) is 0.958. The number of nitrogens with one attached hydrogen (secondary N) is 1. The SMILES string of the molecule is O=c1[nH]c2c(c3ncccc13)Cc1c-2cccc1N1CCN(CC2CC2)CC1. The quantitative estimate of drug-likeness (QED) is 0.601. The summed E-state index contributed by atoms with van der Waals surface area (Å²) in [6.07, 6.45) is 5.47. The van der Waals surface area contributed by atoms with Crippen LogP contribution in [0, 0.1) is 5.92 Å². The molecule has 0 bridgehead atoms. The van der Waals surface area contributed by atoms with Crippen molar-refractivity contribution in [3.63, 3.8) is 0 Å². The minimum atomic E-state index is -0.0474. The second-order valence-electron chi connectivity index (χ2n) is 8.42. The van der Waals surface area contributed by atoms with E-state index in [4.69, 9.17) is 0 Å². The van der Waals surface area contributed by atoms with Crippen LogP contribution in [0.4, 0.5) is 5.69 Å². The van der Waals surface area contributed by atoms with Crippen LogP contribution in [0.25, 0.3) is 22.2 Å². The highest BCUT2D eigenvalue weighted by atomic mass is 16.1.